The molecule has 0 fully saturated rings. The van der Waals surface area contributed by atoms with Gasteiger partial charge in [0.15, 0.2) is 0 Å². The zero-order valence-electron chi connectivity index (χ0n) is 22.4. The molecule has 0 bridgehead atoms. The summed E-state index contributed by atoms with van der Waals surface area (Å²) in [5.74, 6) is -0.184. The number of unbranched alkanes of at least 4 members (excludes halogenated alkanes) is 12. The molecule has 0 heterocycles. The van der Waals surface area contributed by atoms with Gasteiger partial charge in [-0.1, -0.05) is 141 Å². The van der Waals surface area contributed by atoms with Crippen LogP contribution in [0, 0.1) is 5.41 Å². The number of carbonyl (C=O) groups is 1. The van der Waals surface area contributed by atoms with Crippen molar-refractivity contribution in [3.05, 3.63) is 48.0 Å². The van der Waals surface area contributed by atoms with Gasteiger partial charge in [-0.05, 0) is 35.7 Å². The SMILES string of the molecule is CCCCCCCCCCC(C)(CCCCCCCC)COC(=O)c1ccc2ccccc2c1. The zero-order chi connectivity index (χ0) is 24.5. The highest BCUT2D eigenvalue weighted by molar-refractivity contribution is 5.95. The smallest absolute Gasteiger partial charge is 0.338 e. The molecule has 34 heavy (non-hydrogen) atoms. The third kappa shape index (κ3) is 11.1. The largest absolute Gasteiger partial charge is 0.462 e. The van der Waals surface area contributed by atoms with Crippen molar-refractivity contribution < 1.29 is 9.53 Å². The van der Waals surface area contributed by atoms with E-state index in [1.54, 1.807) is 0 Å². The van der Waals surface area contributed by atoms with Gasteiger partial charge in [0.2, 0.25) is 0 Å². The van der Waals surface area contributed by atoms with Crippen molar-refractivity contribution in [3.63, 3.8) is 0 Å². The van der Waals surface area contributed by atoms with Crippen LogP contribution < -0.4 is 0 Å². The van der Waals surface area contributed by atoms with Gasteiger partial charge in [-0.15, -0.1) is 0 Å². The average Bonchev–Trinajstić information content (AvgIpc) is 2.86. The van der Waals surface area contributed by atoms with Crippen LogP contribution in [0.4, 0.5) is 0 Å². The van der Waals surface area contributed by atoms with Crippen LogP contribution in [0.2, 0.25) is 0 Å². The number of benzene rings is 2. The molecule has 1 atom stereocenters. The van der Waals surface area contributed by atoms with Crippen molar-refractivity contribution in [1.29, 1.82) is 0 Å². The van der Waals surface area contributed by atoms with Crippen LogP contribution in [0.3, 0.4) is 0 Å². The van der Waals surface area contributed by atoms with Crippen molar-refractivity contribution in [3.8, 4) is 0 Å². The average molecular weight is 467 g/mol. The summed E-state index contributed by atoms with van der Waals surface area (Å²) in [5.41, 5.74) is 0.743. The molecule has 1 unspecified atom stereocenters. The minimum atomic E-state index is -0.184. The van der Waals surface area contributed by atoms with Gasteiger partial charge < -0.3 is 4.74 Å². The summed E-state index contributed by atoms with van der Waals surface area (Å²) in [4.78, 5) is 12.9. The molecule has 0 aliphatic carbocycles. The molecule has 2 aromatic carbocycles. The summed E-state index contributed by atoms with van der Waals surface area (Å²) in [5, 5.41) is 2.24. The molecular formula is C32H50O2. The van der Waals surface area contributed by atoms with Crippen molar-refractivity contribution in [2.75, 3.05) is 6.61 Å². The molecule has 2 rings (SSSR count). The Balaban J connectivity index is 1.84. The Labute approximate surface area is 209 Å². The first-order valence-electron chi connectivity index (χ1n) is 14.2. The van der Waals surface area contributed by atoms with E-state index in [2.05, 4.69) is 32.9 Å². The van der Waals surface area contributed by atoms with E-state index < -0.39 is 0 Å². The molecule has 0 saturated heterocycles. The Hall–Kier alpha value is -1.83. The molecule has 2 aromatic rings. The second-order valence-corrected chi connectivity index (χ2v) is 10.7. The van der Waals surface area contributed by atoms with E-state index in [9.17, 15) is 4.79 Å². The maximum absolute atomic E-state index is 12.9. The summed E-state index contributed by atoms with van der Waals surface area (Å²) in [6.07, 6.45) is 20.9. The third-order valence-corrected chi connectivity index (χ3v) is 7.30. The number of esters is 1. The third-order valence-electron chi connectivity index (χ3n) is 7.30. The number of carbonyl (C=O) groups excluding carboxylic acids is 1. The van der Waals surface area contributed by atoms with Crippen molar-refractivity contribution in [2.24, 2.45) is 5.41 Å². The highest BCUT2D eigenvalue weighted by Gasteiger charge is 2.26. The molecule has 2 nitrogen and oxygen atoms in total. The van der Waals surface area contributed by atoms with Gasteiger partial charge in [-0.3, -0.25) is 0 Å². The Morgan fingerprint density at radius 1 is 0.676 bits per heavy atom. The normalized spacial score (nSPS) is 13.1. The van der Waals surface area contributed by atoms with Crippen molar-refractivity contribution in [1.82, 2.24) is 0 Å². The molecule has 0 aliphatic rings. The van der Waals surface area contributed by atoms with Gasteiger partial charge >= 0.3 is 5.97 Å². The quantitative estimate of drug-likeness (QED) is 0.152. The fourth-order valence-electron chi connectivity index (χ4n) is 4.93. The van der Waals surface area contributed by atoms with Crippen LogP contribution in [0.15, 0.2) is 42.5 Å². The lowest BCUT2D eigenvalue weighted by molar-refractivity contribution is 0.0264. The lowest BCUT2D eigenvalue weighted by Crippen LogP contribution is -2.25. The Bertz CT molecular complexity index is 812. The molecule has 0 aromatic heterocycles. The lowest BCUT2D eigenvalue weighted by atomic mass is 9.80. The maximum atomic E-state index is 12.9. The van der Waals surface area contributed by atoms with Crippen LogP contribution in [0.1, 0.15) is 134 Å². The highest BCUT2D eigenvalue weighted by atomic mass is 16.5. The summed E-state index contributed by atoms with van der Waals surface area (Å²) >= 11 is 0. The minimum Gasteiger partial charge on any atom is -0.462 e. The van der Waals surface area contributed by atoms with Gasteiger partial charge in [0.25, 0.3) is 0 Å². The number of fused-ring (bicyclic) bond motifs is 1. The van der Waals surface area contributed by atoms with Crippen molar-refractivity contribution in [2.45, 2.75) is 124 Å². The summed E-state index contributed by atoms with van der Waals surface area (Å²) in [6, 6.07) is 14.0. The molecule has 0 saturated carbocycles. The number of ether oxygens (including phenoxy) is 1. The van der Waals surface area contributed by atoms with Crippen LogP contribution in [-0.4, -0.2) is 12.6 Å². The van der Waals surface area contributed by atoms with E-state index in [1.807, 2.05) is 30.3 Å². The van der Waals surface area contributed by atoms with E-state index in [4.69, 9.17) is 4.74 Å². The Kier molecular flexibility index (Phi) is 14.0. The number of rotatable bonds is 19. The van der Waals surface area contributed by atoms with Gasteiger partial charge in [0.05, 0.1) is 12.2 Å². The van der Waals surface area contributed by atoms with Gasteiger partial charge in [0, 0.05) is 5.41 Å². The summed E-state index contributed by atoms with van der Waals surface area (Å²) < 4.78 is 5.92. The first kappa shape index (κ1) is 28.4. The van der Waals surface area contributed by atoms with Gasteiger partial charge in [0.1, 0.15) is 0 Å². The molecule has 2 heteroatoms. The van der Waals surface area contributed by atoms with Crippen molar-refractivity contribution >= 4 is 16.7 Å². The fraction of sp³-hybridized carbons (Fsp3) is 0.656. The second-order valence-electron chi connectivity index (χ2n) is 10.7. The van der Waals surface area contributed by atoms with Gasteiger partial charge in [-0.25, -0.2) is 4.79 Å². The fourth-order valence-corrected chi connectivity index (χ4v) is 4.93. The van der Waals surface area contributed by atoms with E-state index in [0.29, 0.717) is 12.2 Å². The predicted molar refractivity (Wildman–Crippen MR) is 148 cm³/mol. The minimum absolute atomic E-state index is 0.0828. The molecule has 190 valence electrons. The molecule has 0 spiro atoms. The van der Waals surface area contributed by atoms with E-state index in [-0.39, 0.29) is 11.4 Å². The standard InChI is InChI=1S/C32H50O2/c1-4-6-8-10-12-13-15-19-25-32(3,24-18-14-11-9-7-5-2)27-34-31(33)30-23-22-28-20-16-17-21-29(28)26-30/h16-17,20-23,26H,4-15,18-19,24-25,27H2,1-3H3. The van der Waals surface area contributed by atoms with E-state index in [1.165, 1.54) is 89.9 Å². The maximum Gasteiger partial charge on any atom is 0.338 e. The summed E-state index contributed by atoms with van der Waals surface area (Å²) in [6.45, 7) is 7.42. The first-order chi connectivity index (χ1) is 16.6. The Morgan fingerprint density at radius 3 is 1.74 bits per heavy atom. The molecule has 0 aliphatic heterocycles. The molecular weight excluding hydrogens is 416 g/mol. The monoisotopic (exact) mass is 466 g/mol. The Morgan fingerprint density at radius 2 is 1.18 bits per heavy atom. The lowest BCUT2D eigenvalue weighted by Gasteiger charge is -2.29. The number of hydrogen-bond donors (Lipinski definition) is 0. The predicted octanol–water partition coefficient (Wildman–Crippen LogP) is 10.3. The van der Waals surface area contributed by atoms with Crippen LogP contribution in [0.25, 0.3) is 10.8 Å². The first-order valence-corrected chi connectivity index (χ1v) is 14.2. The van der Waals surface area contributed by atoms with Crippen LogP contribution >= 0.6 is 0 Å². The highest BCUT2D eigenvalue weighted by Crippen LogP contribution is 2.32. The van der Waals surface area contributed by atoms with E-state index in [0.717, 1.165) is 23.6 Å². The van der Waals surface area contributed by atoms with Gasteiger partial charge in [-0.2, -0.15) is 0 Å². The van der Waals surface area contributed by atoms with E-state index >= 15 is 0 Å². The molecule has 0 N–H and O–H groups in total. The summed E-state index contributed by atoms with van der Waals surface area (Å²) in [7, 11) is 0. The van der Waals surface area contributed by atoms with Crippen LogP contribution in [-0.2, 0) is 4.74 Å². The number of hydrogen-bond acceptors (Lipinski definition) is 2. The second kappa shape index (κ2) is 16.7. The molecule has 0 radical (unpaired) electrons. The molecule has 0 amide bonds. The zero-order valence-corrected chi connectivity index (χ0v) is 22.4. The topological polar surface area (TPSA) is 26.3 Å². The van der Waals surface area contributed by atoms with Crippen LogP contribution in [0.5, 0.6) is 0 Å².